The number of thioether (sulfide) groups is 2. The van der Waals surface area contributed by atoms with Gasteiger partial charge in [-0.15, -0.1) is 0 Å². The van der Waals surface area contributed by atoms with E-state index in [1.165, 1.54) is 12.1 Å². The third-order valence-corrected chi connectivity index (χ3v) is 7.65. The first-order valence-electron chi connectivity index (χ1n) is 6.36. The van der Waals surface area contributed by atoms with Gasteiger partial charge in [-0.1, -0.05) is 0 Å². The van der Waals surface area contributed by atoms with Crippen molar-refractivity contribution < 1.29 is 12.8 Å². The van der Waals surface area contributed by atoms with Crippen LogP contribution < -0.4 is 4.72 Å². The summed E-state index contributed by atoms with van der Waals surface area (Å²) < 4.78 is 40.7. The quantitative estimate of drug-likeness (QED) is 0.919. The van der Waals surface area contributed by atoms with Gasteiger partial charge in [0.15, 0.2) is 0 Å². The van der Waals surface area contributed by atoms with E-state index in [1.807, 2.05) is 11.8 Å². The maximum absolute atomic E-state index is 13.3. The summed E-state index contributed by atoms with van der Waals surface area (Å²) in [6.07, 6.45) is 0. The van der Waals surface area contributed by atoms with Gasteiger partial charge >= 0.3 is 0 Å². The van der Waals surface area contributed by atoms with Crippen LogP contribution in [0, 0.1) is 19.7 Å². The molecular formula is C13H18FNO2S3. The van der Waals surface area contributed by atoms with E-state index in [0.717, 1.165) is 17.3 Å². The fourth-order valence-electron chi connectivity index (χ4n) is 2.25. The molecule has 20 heavy (non-hydrogen) atoms. The van der Waals surface area contributed by atoms with Gasteiger partial charge in [0.2, 0.25) is 10.0 Å². The average molecular weight is 335 g/mol. The highest BCUT2D eigenvalue weighted by Crippen LogP contribution is 2.25. The maximum Gasteiger partial charge on any atom is 0.241 e. The zero-order valence-corrected chi connectivity index (χ0v) is 13.9. The van der Waals surface area contributed by atoms with Crippen LogP contribution >= 0.6 is 23.5 Å². The molecule has 0 radical (unpaired) electrons. The van der Waals surface area contributed by atoms with Crippen LogP contribution in [0.25, 0.3) is 0 Å². The Morgan fingerprint density at radius 2 is 1.95 bits per heavy atom. The third kappa shape index (κ3) is 3.90. The normalized spacial score (nSPS) is 20.1. The molecule has 0 bridgehead atoms. The molecule has 0 spiro atoms. The van der Waals surface area contributed by atoms with Crippen LogP contribution in [0.1, 0.15) is 11.1 Å². The van der Waals surface area contributed by atoms with Crippen molar-refractivity contribution in [3.63, 3.8) is 0 Å². The Morgan fingerprint density at radius 3 is 2.50 bits per heavy atom. The minimum Gasteiger partial charge on any atom is -0.210 e. The molecule has 0 saturated carbocycles. The largest absolute Gasteiger partial charge is 0.241 e. The van der Waals surface area contributed by atoms with E-state index in [9.17, 15) is 12.8 Å². The van der Waals surface area contributed by atoms with Crippen LogP contribution in [0.3, 0.4) is 0 Å². The molecule has 1 fully saturated rings. The fraction of sp³-hybridized carbons (Fsp3) is 0.538. The van der Waals surface area contributed by atoms with Crippen molar-refractivity contribution >= 4 is 33.5 Å². The Labute approximate surface area is 128 Å². The van der Waals surface area contributed by atoms with Crippen molar-refractivity contribution in [2.24, 2.45) is 0 Å². The lowest BCUT2D eigenvalue weighted by atomic mass is 10.1. The Bertz CT molecular complexity index is 560. The monoisotopic (exact) mass is 335 g/mol. The van der Waals surface area contributed by atoms with Gasteiger partial charge < -0.3 is 0 Å². The summed E-state index contributed by atoms with van der Waals surface area (Å²) in [6, 6.07) is 2.51. The number of sulfonamides is 1. The Balaban J connectivity index is 2.14. The van der Waals surface area contributed by atoms with Gasteiger partial charge in [0.1, 0.15) is 5.82 Å². The molecule has 1 N–H and O–H groups in total. The van der Waals surface area contributed by atoms with E-state index in [2.05, 4.69) is 4.72 Å². The van der Waals surface area contributed by atoms with Crippen molar-refractivity contribution in [2.45, 2.75) is 24.0 Å². The van der Waals surface area contributed by atoms with Crippen LogP contribution in [-0.2, 0) is 10.0 Å². The summed E-state index contributed by atoms with van der Waals surface area (Å²) in [6.45, 7) is 3.67. The number of hydrogen-bond donors (Lipinski definition) is 1. The number of halogens is 1. The Kier molecular flexibility index (Phi) is 5.39. The number of benzene rings is 1. The molecular weight excluding hydrogens is 317 g/mol. The SMILES string of the molecule is Cc1cc(F)cc(C)c1S(=O)(=O)NCC1CSCCS1. The van der Waals surface area contributed by atoms with Gasteiger partial charge in [0.05, 0.1) is 4.90 Å². The van der Waals surface area contributed by atoms with E-state index < -0.39 is 15.8 Å². The highest BCUT2D eigenvalue weighted by atomic mass is 32.2. The van der Waals surface area contributed by atoms with Crippen LogP contribution in [-0.4, -0.2) is 37.5 Å². The molecule has 1 aromatic carbocycles. The predicted molar refractivity (Wildman–Crippen MR) is 84.6 cm³/mol. The van der Waals surface area contributed by atoms with E-state index in [0.29, 0.717) is 22.9 Å². The lowest BCUT2D eigenvalue weighted by molar-refractivity contribution is 0.578. The molecule has 0 aromatic heterocycles. The molecule has 0 aliphatic carbocycles. The Morgan fingerprint density at radius 1 is 1.30 bits per heavy atom. The standard InChI is InChI=1S/C13H18FNO2S3/c1-9-5-11(14)6-10(2)13(9)20(16,17)15-7-12-8-18-3-4-19-12/h5-6,12,15H,3-4,7-8H2,1-2H3. The molecule has 112 valence electrons. The summed E-state index contributed by atoms with van der Waals surface area (Å²) in [5.74, 6) is 2.75. The maximum atomic E-state index is 13.3. The number of hydrogen-bond acceptors (Lipinski definition) is 4. The highest BCUT2D eigenvalue weighted by molar-refractivity contribution is 8.06. The van der Waals surface area contributed by atoms with Gasteiger partial charge in [0.25, 0.3) is 0 Å². The van der Waals surface area contributed by atoms with Crippen LogP contribution in [0.5, 0.6) is 0 Å². The van der Waals surface area contributed by atoms with Gasteiger partial charge in [0, 0.05) is 29.1 Å². The third-order valence-electron chi connectivity index (χ3n) is 3.08. The molecule has 1 aliphatic heterocycles. The van der Waals surface area contributed by atoms with E-state index in [4.69, 9.17) is 0 Å². The van der Waals surface area contributed by atoms with Gasteiger partial charge in [-0.2, -0.15) is 23.5 Å². The van der Waals surface area contributed by atoms with Gasteiger partial charge in [-0.3, -0.25) is 0 Å². The minimum atomic E-state index is -3.58. The van der Waals surface area contributed by atoms with Gasteiger partial charge in [-0.25, -0.2) is 17.5 Å². The molecule has 1 aliphatic rings. The summed E-state index contributed by atoms with van der Waals surface area (Å²) in [7, 11) is -3.58. The van der Waals surface area contributed by atoms with E-state index >= 15 is 0 Å². The molecule has 1 aromatic rings. The summed E-state index contributed by atoms with van der Waals surface area (Å²) in [5, 5.41) is 0.310. The fourth-order valence-corrected chi connectivity index (χ4v) is 6.50. The van der Waals surface area contributed by atoms with Crippen LogP contribution in [0.4, 0.5) is 4.39 Å². The molecule has 0 amide bonds. The number of nitrogens with one attached hydrogen (secondary N) is 1. The molecule has 2 rings (SSSR count). The summed E-state index contributed by atoms with van der Waals surface area (Å²) >= 11 is 3.65. The first-order chi connectivity index (χ1) is 9.40. The average Bonchev–Trinajstić information content (AvgIpc) is 2.36. The van der Waals surface area contributed by atoms with Crippen molar-refractivity contribution in [1.29, 1.82) is 0 Å². The van der Waals surface area contributed by atoms with Crippen molar-refractivity contribution in [3.8, 4) is 0 Å². The Hall–Kier alpha value is -0.240. The van der Waals surface area contributed by atoms with Crippen LogP contribution in [0.15, 0.2) is 17.0 Å². The summed E-state index contributed by atoms with van der Waals surface area (Å²) in [4.78, 5) is 0.201. The zero-order chi connectivity index (χ0) is 14.8. The van der Waals surface area contributed by atoms with Crippen molar-refractivity contribution in [1.82, 2.24) is 4.72 Å². The first kappa shape index (κ1) is 16.1. The predicted octanol–water partition coefficient (Wildman–Crippen LogP) is 2.57. The zero-order valence-electron chi connectivity index (χ0n) is 11.5. The topological polar surface area (TPSA) is 46.2 Å². The second kappa shape index (κ2) is 6.68. The number of rotatable bonds is 4. The van der Waals surface area contributed by atoms with Gasteiger partial charge in [-0.05, 0) is 37.1 Å². The minimum absolute atomic E-state index is 0.201. The second-order valence-electron chi connectivity index (χ2n) is 4.79. The smallest absolute Gasteiger partial charge is 0.210 e. The lowest BCUT2D eigenvalue weighted by Crippen LogP contribution is -2.34. The van der Waals surface area contributed by atoms with Crippen molar-refractivity contribution in [2.75, 3.05) is 23.8 Å². The van der Waals surface area contributed by atoms with E-state index in [-0.39, 0.29) is 4.90 Å². The number of aryl methyl sites for hydroxylation is 2. The van der Waals surface area contributed by atoms with E-state index in [1.54, 1.807) is 25.6 Å². The first-order valence-corrected chi connectivity index (χ1v) is 10.0. The molecule has 1 atom stereocenters. The van der Waals surface area contributed by atoms with Crippen molar-refractivity contribution in [3.05, 3.63) is 29.1 Å². The molecule has 7 heteroatoms. The second-order valence-corrected chi connectivity index (χ2v) is 9.05. The highest BCUT2D eigenvalue weighted by Gasteiger charge is 2.22. The molecule has 3 nitrogen and oxygen atoms in total. The molecule has 1 unspecified atom stereocenters. The van der Waals surface area contributed by atoms with Crippen LogP contribution in [0.2, 0.25) is 0 Å². The molecule has 1 heterocycles. The summed E-state index contributed by atoms with van der Waals surface area (Å²) in [5.41, 5.74) is 0.890. The molecule has 1 saturated heterocycles. The lowest BCUT2D eigenvalue weighted by Gasteiger charge is -2.21.